The lowest BCUT2D eigenvalue weighted by atomic mass is 9.84. The van der Waals surface area contributed by atoms with Crippen molar-refractivity contribution in [1.82, 2.24) is 10.6 Å². The molecule has 3 N–H and O–H groups in total. The van der Waals surface area contributed by atoms with Gasteiger partial charge in [-0.3, -0.25) is 14.4 Å². The van der Waals surface area contributed by atoms with Crippen LogP contribution in [0.2, 0.25) is 0 Å². The molecule has 2 amide bonds. The van der Waals surface area contributed by atoms with Gasteiger partial charge in [-0.15, -0.1) is 0 Å². The largest absolute Gasteiger partial charge is 0.480 e. The number of carboxylic acids is 1. The summed E-state index contributed by atoms with van der Waals surface area (Å²) in [6, 6.07) is 0.0141. The van der Waals surface area contributed by atoms with Crippen LogP contribution in [0.5, 0.6) is 0 Å². The monoisotopic (exact) mass is 296 g/mol. The summed E-state index contributed by atoms with van der Waals surface area (Å²) in [6.45, 7) is 3.84. The summed E-state index contributed by atoms with van der Waals surface area (Å²) < 4.78 is 0. The Morgan fingerprint density at radius 2 is 1.86 bits per heavy atom. The van der Waals surface area contributed by atoms with Crippen LogP contribution in [-0.2, 0) is 14.4 Å². The van der Waals surface area contributed by atoms with Gasteiger partial charge in [0.15, 0.2) is 0 Å². The number of carbonyl (C=O) groups excluding carboxylic acids is 2. The molecule has 118 valence electrons. The van der Waals surface area contributed by atoms with Gasteiger partial charge >= 0.3 is 5.97 Å². The number of carboxylic acid groups (broad SMARTS) is 1. The first-order valence-corrected chi connectivity index (χ1v) is 7.70. The van der Waals surface area contributed by atoms with E-state index in [0.717, 1.165) is 19.3 Å². The van der Waals surface area contributed by atoms with Crippen LogP contribution in [-0.4, -0.2) is 35.0 Å². The number of rotatable bonds is 5. The molecule has 21 heavy (non-hydrogen) atoms. The molecule has 2 aliphatic carbocycles. The second-order valence-electron chi connectivity index (χ2n) is 6.58. The minimum atomic E-state index is -1.20. The first kappa shape index (κ1) is 15.8. The van der Waals surface area contributed by atoms with E-state index in [-0.39, 0.29) is 29.8 Å². The average molecular weight is 296 g/mol. The SMILES string of the molecule is CC(C)NC(=O)[C@H]1CCC[C@H](NC(=O)C2(C(=O)O)CC2)C1. The molecule has 0 aromatic rings. The number of carbonyl (C=O) groups is 3. The second-order valence-corrected chi connectivity index (χ2v) is 6.58. The van der Waals surface area contributed by atoms with Gasteiger partial charge in [0.05, 0.1) is 0 Å². The Kier molecular flexibility index (Phi) is 4.54. The van der Waals surface area contributed by atoms with Crippen molar-refractivity contribution < 1.29 is 19.5 Å². The van der Waals surface area contributed by atoms with E-state index in [0.29, 0.717) is 19.3 Å². The zero-order valence-electron chi connectivity index (χ0n) is 12.6. The number of hydrogen-bond donors (Lipinski definition) is 3. The van der Waals surface area contributed by atoms with Crippen molar-refractivity contribution in [1.29, 1.82) is 0 Å². The standard InChI is InChI=1S/C15H24N2O4/c1-9(2)16-12(18)10-4-3-5-11(8-10)17-13(19)15(6-7-15)14(20)21/h9-11H,3-8H2,1-2H3,(H,16,18)(H,17,19)(H,20,21)/t10-,11-/m0/s1. The number of hydrogen-bond acceptors (Lipinski definition) is 3. The van der Waals surface area contributed by atoms with E-state index in [2.05, 4.69) is 10.6 Å². The van der Waals surface area contributed by atoms with Gasteiger partial charge in [-0.25, -0.2) is 0 Å². The lowest BCUT2D eigenvalue weighted by Crippen LogP contribution is -2.47. The Bertz CT molecular complexity index is 443. The summed E-state index contributed by atoms with van der Waals surface area (Å²) in [4.78, 5) is 35.3. The van der Waals surface area contributed by atoms with Crippen molar-refractivity contribution in [2.45, 2.75) is 64.5 Å². The van der Waals surface area contributed by atoms with Crippen LogP contribution in [0.4, 0.5) is 0 Å². The summed E-state index contributed by atoms with van der Waals surface area (Å²) in [5, 5.41) is 14.9. The number of aliphatic carboxylic acids is 1. The number of amides is 2. The maximum Gasteiger partial charge on any atom is 0.319 e. The normalized spacial score (nSPS) is 27.0. The Labute approximate surface area is 124 Å². The molecule has 0 bridgehead atoms. The van der Waals surface area contributed by atoms with Crippen LogP contribution in [0, 0.1) is 11.3 Å². The Hall–Kier alpha value is -1.59. The molecule has 0 aromatic heterocycles. The fourth-order valence-corrected chi connectivity index (χ4v) is 2.95. The molecule has 0 aliphatic heterocycles. The van der Waals surface area contributed by atoms with Gasteiger partial charge in [0.2, 0.25) is 11.8 Å². The Balaban J connectivity index is 1.88. The molecule has 0 heterocycles. The Morgan fingerprint density at radius 1 is 1.19 bits per heavy atom. The molecule has 2 fully saturated rings. The van der Waals surface area contributed by atoms with Gasteiger partial charge in [-0.1, -0.05) is 6.42 Å². The summed E-state index contributed by atoms with van der Waals surface area (Å²) in [5.41, 5.74) is -1.20. The smallest absolute Gasteiger partial charge is 0.319 e. The zero-order valence-corrected chi connectivity index (χ0v) is 12.6. The molecule has 2 saturated carbocycles. The molecule has 2 aliphatic rings. The first-order valence-electron chi connectivity index (χ1n) is 7.70. The van der Waals surface area contributed by atoms with Crippen molar-refractivity contribution in [2.75, 3.05) is 0 Å². The molecule has 6 heteroatoms. The predicted octanol–water partition coefficient (Wildman–Crippen LogP) is 1.05. The molecule has 0 unspecified atom stereocenters. The third kappa shape index (κ3) is 3.54. The zero-order chi connectivity index (χ0) is 15.6. The van der Waals surface area contributed by atoms with E-state index in [9.17, 15) is 14.4 Å². The van der Waals surface area contributed by atoms with E-state index in [1.807, 2.05) is 13.8 Å². The maximum absolute atomic E-state index is 12.1. The van der Waals surface area contributed by atoms with Crippen molar-refractivity contribution in [3.8, 4) is 0 Å². The Morgan fingerprint density at radius 3 is 2.38 bits per heavy atom. The van der Waals surface area contributed by atoms with Crippen molar-refractivity contribution in [3.63, 3.8) is 0 Å². The van der Waals surface area contributed by atoms with Crippen LogP contribution >= 0.6 is 0 Å². The third-order valence-electron chi connectivity index (χ3n) is 4.41. The van der Waals surface area contributed by atoms with Crippen LogP contribution in [0.25, 0.3) is 0 Å². The molecular weight excluding hydrogens is 272 g/mol. The van der Waals surface area contributed by atoms with Gasteiger partial charge in [0, 0.05) is 18.0 Å². The first-order chi connectivity index (χ1) is 9.85. The highest BCUT2D eigenvalue weighted by Gasteiger charge is 2.57. The van der Waals surface area contributed by atoms with Gasteiger partial charge in [0.25, 0.3) is 0 Å². The van der Waals surface area contributed by atoms with Crippen LogP contribution in [0.3, 0.4) is 0 Å². The highest BCUT2D eigenvalue weighted by Crippen LogP contribution is 2.46. The van der Waals surface area contributed by atoms with E-state index in [1.165, 1.54) is 0 Å². The molecule has 0 spiro atoms. The topological polar surface area (TPSA) is 95.5 Å². The lowest BCUT2D eigenvalue weighted by molar-refractivity contribution is -0.149. The van der Waals surface area contributed by atoms with Gasteiger partial charge in [-0.2, -0.15) is 0 Å². The van der Waals surface area contributed by atoms with Gasteiger partial charge in [0.1, 0.15) is 5.41 Å². The van der Waals surface area contributed by atoms with Crippen LogP contribution < -0.4 is 10.6 Å². The summed E-state index contributed by atoms with van der Waals surface area (Å²) >= 11 is 0. The maximum atomic E-state index is 12.1. The van der Waals surface area contributed by atoms with Gasteiger partial charge in [-0.05, 0) is 46.0 Å². The molecule has 0 saturated heterocycles. The van der Waals surface area contributed by atoms with Crippen molar-refractivity contribution in [3.05, 3.63) is 0 Å². The van der Waals surface area contributed by atoms with Gasteiger partial charge < -0.3 is 15.7 Å². The average Bonchev–Trinajstić information content (AvgIpc) is 3.19. The molecule has 0 radical (unpaired) electrons. The van der Waals surface area contributed by atoms with E-state index >= 15 is 0 Å². The second kappa shape index (κ2) is 6.03. The predicted molar refractivity (Wildman–Crippen MR) is 76.5 cm³/mol. The molecule has 0 aromatic carbocycles. The highest BCUT2D eigenvalue weighted by atomic mass is 16.4. The lowest BCUT2D eigenvalue weighted by Gasteiger charge is -2.30. The highest BCUT2D eigenvalue weighted by molar-refractivity contribution is 6.04. The van der Waals surface area contributed by atoms with E-state index in [4.69, 9.17) is 5.11 Å². The molecule has 2 atom stereocenters. The fourth-order valence-electron chi connectivity index (χ4n) is 2.95. The summed E-state index contributed by atoms with van der Waals surface area (Å²) in [6.07, 6.45) is 3.94. The summed E-state index contributed by atoms with van der Waals surface area (Å²) in [5.74, 6) is -1.48. The van der Waals surface area contributed by atoms with Crippen molar-refractivity contribution >= 4 is 17.8 Å². The quantitative estimate of drug-likeness (QED) is 0.661. The third-order valence-corrected chi connectivity index (χ3v) is 4.41. The minimum Gasteiger partial charge on any atom is -0.480 e. The molecule has 2 rings (SSSR count). The van der Waals surface area contributed by atoms with Crippen molar-refractivity contribution in [2.24, 2.45) is 11.3 Å². The molecule has 6 nitrogen and oxygen atoms in total. The molecular formula is C15H24N2O4. The fraction of sp³-hybridized carbons (Fsp3) is 0.800. The van der Waals surface area contributed by atoms with E-state index in [1.54, 1.807) is 0 Å². The van der Waals surface area contributed by atoms with E-state index < -0.39 is 11.4 Å². The van der Waals surface area contributed by atoms with Crippen LogP contribution in [0.1, 0.15) is 52.4 Å². The number of nitrogens with one attached hydrogen (secondary N) is 2. The minimum absolute atomic E-state index is 0.0309. The summed E-state index contributed by atoms with van der Waals surface area (Å²) in [7, 11) is 0. The van der Waals surface area contributed by atoms with Crippen LogP contribution in [0.15, 0.2) is 0 Å².